The van der Waals surface area contributed by atoms with Crippen molar-refractivity contribution < 1.29 is 19.1 Å². The van der Waals surface area contributed by atoms with Crippen LogP contribution in [0.4, 0.5) is 0 Å². The zero-order chi connectivity index (χ0) is 16.7. The maximum absolute atomic E-state index is 12.3. The number of hydrogen-bond donors (Lipinski definition) is 0. The first-order valence-electron chi connectivity index (χ1n) is 8.09. The molecule has 1 heterocycles. The van der Waals surface area contributed by atoms with Crippen LogP contribution in [0.5, 0.6) is 0 Å². The maximum Gasteiger partial charge on any atom is 0.305 e. The summed E-state index contributed by atoms with van der Waals surface area (Å²) in [6.45, 7) is 3.58. The fraction of sp³-hybridized carbons (Fsp3) is 0.500. The van der Waals surface area contributed by atoms with E-state index in [1.54, 1.807) is 19.1 Å². The molecule has 0 radical (unpaired) electrons. The zero-order valence-corrected chi connectivity index (χ0v) is 13.5. The van der Waals surface area contributed by atoms with E-state index in [0.29, 0.717) is 44.6 Å². The number of benzene rings is 1. The molecule has 1 aromatic rings. The van der Waals surface area contributed by atoms with E-state index in [4.69, 9.17) is 4.74 Å². The van der Waals surface area contributed by atoms with Gasteiger partial charge in [0.05, 0.1) is 13.2 Å². The molecule has 1 unspecified atom stereocenters. The first-order valence-corrected chi connectivity index (χ1v) is 8.09. The van der Waals surface area contributed by atoms with Crippen LogP contribution in [-0.2, 0) is 14.3 Å². The van der Waals surface area contributed by atoms with Crippen molar-refractivity contribution >= 4 is 17.5 Å². The number of ether oxygens (including phenoxy) is 1. The van der Waals surface area contributed by atoms with Crippen LogP contribution in [0.2, 0.25) is 0 Å². The number of likely N-dealkylation sites (tertiary alicyclic amines) is 1. The van der Waals surface area contributed by atoms with Crippen molar-refractivity contribution in [2.75, 3.05) is 26.2 Å². The zero-order valence-electron chi connectivity index (χ0n) is 13.5. The van der Waals surface area contributed by atoms with Crippen molar-refractivity contribution in [3.8, 4) is 0 Å². The molecule has 1 saturated heterocycles. The van der Waals surface area contributed by atoms with E-state index < -0.39 is 0 Å². The van der Waals surface area contributed by atoms with Gasteiger partial charge in [-0.05, 0) is 13.3 Å². The largest absolute Gasteiger partial charge is 0.466 e. The van der Waals surface area contributed by atoms with Crippen molar-refractivity contribution in [2.24, 2.45) is 5.92 Å². The summed E-state index contributed by atoms with van der Waals surface area (Å²) in [6, 6.07) is 9.16. The Morgan fingerprint density at radius 1 is 1.26 bits per heavy atom. The third-order valence-corrected chi connectivity index (χ3v) is 4.07. The summed E-state index contributed by atoms with van der Waals surface area (Å²) in [6.07, 6.45) is 1.19. The number of nitrogens with zero attached hydrogens (tertiary/aromatic N) is 1. The van der Waals surface area contributed by atoms with E-state index in [1.165, 1.54) is 0 Å². The monoisotopic (exact) mass is 317 g/mol. The molecule has 1 atom stereocenters. The Labute approximate surface area is 136 Å². The van der Waals surface area contributed by atoms with E-state index in [0.717, 1.165) is 0 Å². The van der Waals surface area contributed by atoms with Crippen molar-refractivity contribution in [1.29, 1.82) is 0 Å². The van der Waals surface area contributed by atoms with Crippen LogP contribution in [-0.4, -0.2) is 48.7 Å². The Bertz CT molecular complexity index is 555. The Kier molecular flexibility index (Phi) is 6.47. The molecule has 5 heteroatoms. The summed E-state index contributed by atoms with van der Waals surface area (Å²) in [4.78, 5) is 37.7. The Morgan fingerprint density at radius 3 is 2.70 bits per heavy atom. The average Bonchev–Trinajstić information content (AvgIpc) is 2.56. The number of carbonyl (C=O) groups is 3. The van der Waals surface area contributed by atoms with E-state index in [2.05, 4.69) is 0 Å². The fourth-order valence-electron chi connectivity index (χ4n) is 2.82. The molecule has 0 aromatic heterocycles. The summed E-state index contributed by atoms with van der Waals surface area (Å²) >= 11 is 0. The molecule has 23 heavy (non-hydrogen) atoms. The SMILES string of the molecule is CCOC(=O)CCC1CN(CC(=O)c2ccccc2)CCC1=O. The number of esters is 1. The Hall–Kier alpha value is -2.01. The molecule has 0 saturated carbocycles. The molecular formula is C18H23NO4. The van der Waals surface area contributed by atoms with Crippen LogP contribution in [0.1, 0.15) is 36.5 Å². The van der Waals surface area contributed by atoms with Crippen LogP contribution in [0.15, 0.2) is 30.3 Å². The number of carbonyl (C=O) groups excluding carboxylic acids is 3. The minimum Gasteiger partial charge on any atom is -0.466 e. The lowest BCUT2D eigenvalue weighted by Gasteiger charge is -2.31. The second-order valence-corrected chi connectivity index (χ2v) is 5.78. The summed E-state index contributed by atoms with van der Waals surface area (Å²) in [7, 11) is 0. The van der Waals surface area contributed by atoms with Crippen LogP contribution < -0.4 is 0 Å². The van der Waals surface area contributed by atoms with Gasteiger partial charge in [0.25, 0.3) is 0 Å². The number of hydrogen-bond acceptors (Lipinski definition) is 5. The average molecular weight is 317 g/mol. The van der Waals surface area contributed by atoms with Gasteiger partial charge in [-0.1, -0.05) is 30.3 Å². The van der Waals surface area contributed by atoms with Gasteiger partial charge in [-0.15, -0.1) is 0 Å². The molecule has 124 valence electrons. The van der Waals surface area contributed by atoms with Gasteiger partial charge in [-0.2, -0.15) is 0 Å². The van der Waals surface area contributed by atoms with Crippen LogP contribution >= 0.6 is 0 Å². The van der Waals surface area contributed by atoms with Gasteiger partial charge in [0.1, 0.15) is 5.78 Å². The van der Waals surface area contributed by atoms with Crippen LogP contribution in [0.25, 0.3) is 0 Å². The standard InChI is InChI=1S/C18H23NO4/c1-2-23-18(22)9-8-15-12-19(11-10-16(15)20)13-17(21)14-6-4-3-5-7-14/h3-7,15H,2,8-13H2,1H3. The van der Waals surface area contributed by atoms with Gasteiger partial charge in [0.2, 0.25) is 0 Å². The number of Topliss-reactive ketones (excluding diaryl/α,β-unsaturated/α-hetero) is 2. The highest BCUT2D eigenvalue weighted by Gasteiger charge is 2.28. The maximum atomic E-state index is 12.3. The minimum absolute atomic E-state index is 0.0593. The van der Waals surface area contributed by atoms with E-state index in [-0.39, 0.29) is 29.9 Å². The second kappa shape index (κ2) is 8.58. The number of ketones is 2. The molecule has 0 aliphatic carbocycles. The van der Waals surface area contributed by atoms with Gasteiger partial charge in [-0.3, -0.25) is 19.3 Å². The van der Waals surface area contributed by atoms with Crippen molar-refractivity contribution in [1.82, 2.24) is 4.90 Å². The summed E-state index contributed by atoms with van der Waals surface area (Å²) in [5.74, 6) is -0.212. The van der Waals surface area contributed by atoms with Crippen LogP contribution in [0, 0.1) is 5.92 Å². The smallest absolute Gasteiger partial charge is 0.305 e. The summed E-state index contributed by atoms with van der Waals surface area (Å²) in [5.41, 5.74) is 0.687. The van der Waals surface area contributed by atoms with Crippen molar-refractivity contribution in [2.45, 2.75) is 26.2 Å². The third-order valence-electron chi connectivity index (χ3n) is 4.07. The molecular weight excluding hydrogens is 294 g/mol. The number of rotatable bonds is 7. The predicted molar refractivity (Wildman–Crippen MR) is 86.2 cm³/mol. The molecule has 1 aromatic carbocycles. The van der Waals surface area contributed by atoms with Crippen molar-refractivity contribution in [3.05, 3.63) is 35.9 Å². The van der Waals surface area contributed by atoms with Gasteiger partial charge in [0, 0.05) is 37.4 Å². The lowest BCUT2D eigenvalue weighted by atomic mass is 9.91. The second-order valence-electron chi connectivity index (χ2n) is 5.78. The van der Waals surface area contributed by atoms with Gasteiger partial charge >= 0.3 is 5.97 Å². The molecule has 1 aliphatic heterocycles. The molecule has 0 spiro atoms. The Balaban J connectivity index is 1.86. The van der Waals surface area contributed by atoms with E-state index in [9.17, 15) is 14.4 Å². The van der Waals surface area contributed by atoms with E-state index >= 15 is 0 Å². The lowest BCUT2D eigenvalue weighted by Crippen LogP contribution is -2.43. The van der Waals surface area contributed by atoms with Crippen LogP contribution in [0.3, 0.4) is 0 Å². The summed E-state index contributed by atoms with van der Waals surface area (Å²) < 4.78 is 4.90. The molecule has 0 N–H and O–H groups in total. The highest BCUT2D eigenvalue weighted by Crippen LogP contribution is 2.19. The Morgan fingerprint density at radius 2 is 2.00 bits per heavy atom. The normalized spacial score (nSPS) is 18.7. The minimum atomic E-state index is -0.266. The highest BCUT2D eigenvalue weighted by atomic mass is 16.5. The lowest BCUT2D eigenvalue weighted by molar-refractivity contribution is -0.143. The third kappa shape index (κ3) is 5.28. The first kappa shape index (κ1) is 17.3. The first-order chi connectivity index (χ1) is 11.1. The van der Waals surface area contributed by atoms with Gasteiger partial charge < -0.3 is 4.74 Å². The summed E-state index contributed by atoms with van der Waals surface area (Å²) in [5, 5.41) is 0. The molecule has 1 fully saturated rings. The highest BCUT2D eigenvalue weighted by molar-refractivity contribution is 5.97. The fourth-order valence-corrected chi connectivity index (χ4v) is 2.82. The van der Waals surface area contributed by atoms with Crippen molar-refractivity contribution in [3.63, 3.8) is 0 Å². The van der Waals surface area contributed by atoms with E-state index in [1.807, 2.05) is 23.1 Å². The quantitative estimate of drug-likeness (QED) is 0.569. The molecule has 0 bridgehead atoms. The molecule has 1 aliphatic rings. The van der Waals surface area contributed by atoms with Gasteiger partial charge in [0.15, 0.2) is 5.78 Å². The predicted octanol–water partition coefficient (Wildman–Crippen LogP) is 2.10. The topological polar surface area (TPSA) is 63.7 Å². The molecule has 5 nitrogen and oxygen atoms in total. The number of piperidine rings is 1. The van der Waals surface area contributed by atoms with Gasteiger partial charge in [-0.25, -0.2) is 0 Å². The molecule has 2 rings (SSSR count). The molecule has 0 amide bonds.